The van der Waals surface area contributed by atoms with E-state index in [0.29, 0.717) is 0 Å². The van der Waals surface area contributed by atoms with Gasteiger partial charge >= 0.3 is 45.4 Å². The zero-order valence-corrected chi connectivity index (χ0v) is 8.52. The van der Waals surface area contributed by atoms with E-state index in [-0.39, 0.29) is 42.1 Å². The molecule has 67 valence electrons. The van der Waals surface area contributed by atoms with Gasteiger partial charge in [-0.15, -0.1) is 0 Å². The molecule has 0 N–H and O–H groups in total. The third-order valence-corrected chi connectivity index (χ3v) is 2.15. The predicted octanol–water partition coefficient (Wildman–Crippen LogP) is -0.110. The molecule has 0 rings (SSSR count). The Kier molecular flexibility index (Phi) is 13.8. The maximum absolute atomic E-state index is 5.12. The average Bonchev–Trinajstić information content (AvgIpc) is 2.04. The third kappa shape index (κ3) is 9.46. The van der Waals surface area contributed by atoms with Crippen LogP contribution in [0, 0.1) is 0 Å². The molecule has 0 bridgehead atoms. The van der Waals surface area contributed by atoms with Crippen LogP contribution in [0.2, 0.25) is 0 Å². The molecular weight excluding hydrogens is 186 g/mol. The van der Waals surface area contributed by atoms with E-state index in [1.54, 1.807) is 14.2 Å². The molecule has 0 heterocycles. The summed E-state index contributed by atoms with van der Waals surface area (Å²) in [4.78, 5) is 0. The van der Waals surface area contributed by atoms with Crippen molar-refractivity contribution >= 4 is 45.4 Å². The van der Waals surface area contributed by atoms with Crippen molar-refractivity contribution in [1.29, 1.82) is 0 Å². The summed E-state index contributed by atoms with van der Waals surface area (Å²) in [5.74, 6) is 0. The fourth-order valence-corrected chi connectivity index (χ4v) is 0.899. The Morgan fingerprint density at radius 2 is 1.25 bits per heavy atom. The molecule has 0 aliphatic carbocycles. The SMILES string of the molecule is COC(C)[O][Al][O]C(C)OC.[NaH]. The van der Waals surface area contributed by atoms with E-state index in [9.17, 15) is 0 Å². The normalized spacial score (nSPS) is 14.7. The van der Waals surface area contributed by atoms with Gasteiger partial charge in [0.05, 0.1) is 0 Å². The van der Waals surface area contributed by atoms with Gasteiger partial charge in [0.1, 0.15) is 12.6 Å². The molecule has 0 saturated carbocycles. The van der Waals surface area contributed by atoms with Gasteiger partial charge < -0.3 is 17.1 Å². The molecule has 2 atom stereocenters. The molecule has 6 heteroatoms. The topological polar surface area (TPSA) is 36.9 Å². The van der Waals surface area contributed by atoms with E-state index < -0.39 is 15.9 Å². The van der Waals surface area contributed by atoms with Crippen molar-refractivity contribution in [2.75, 3.05) is 14.2 Å². The summed E-state index contributed by atoms with van der Waals surface area (Å²) in [6.07, 6.45) is -0.400. The minimum absolute atomic E-state index is 0. The van der Waals surface area contributed by atoms with E-state index in [2.05, 4.69) is 0 Å². The minimum atomic E-state index is -0.500. The Hall–Kier alpha value is 1.37. The van der Waals surface area contributed by atoms with E-state index in [1.165, 1.54) is 0 Å². The quantitative estimate of drug-likeness (QED) is 0.444. The fraction of sp³-hybridized carbons (Fsp3) is 1.00. The second-order valence-corrected chi connectivity index (χ2v) is 2.71. The molecule has 0 aromatic rings. The van der Waals surface area contributed by atoms with Crippen LogP contribution in [0.5, 0.6) is 0 Å². The molecule has 0 amide bonds. The average molecular weight is 201 g/mol. The second kappa shape index (κ2) is 10.5. The maximum atomic E-state index is 5.12. The van der Waals surface area contributed by atoms with Gasteiger partial charge in [0.25, 0.3) is 0 Å². The number of rotatable bonds is 6. The number of methoxy groups -OCH3 is 2. The Balaban J connectivity index is 0. The summed E-state index contributed by atoms with van der Waals surface area (Å²) in [5.41, 5.74) is 0. The first-order chi connectivity index (χ1) is 5.20. The Morgan fingerprint density at radius 1 is 0.917 bits per heavy atom. The van der Waals surface area contributed by atoms with Crippen molar-refractivity contribution in [2.24, 2.45) is 0 Å². The molecule has 12 heavy (non-hydrogen) atoms. The Labute approximate surface area is 103 Å². The summed E-state index contributed by atoms with van der Waals surface area (Å²) < 4.78 is 19.9. The summed E-state index contributed by atoms with van der Waals surface area (Å²) >= 11 is -0.500. The van der Waals surface area contributed by atoms with E-state index in [4.69, 9.17) is 17.1 Å². The molecule has 0 aromatic heterocycles. The van der Waals surface area contributed by atoms with Crippen LogP contribution in [-0.2, 0) is 17.1 Å². The van der Waals surface area contributed by atoms with Gasteiger partial charge in [-0.2, -0.15) is 0 Å². The molecule has 1 radical (unpaired) electrons. The van der Waals surface area contributed by atoms with Crippen molar-refractivity contribution in [2.45, 2.75) is 26.4 Å². The van der Waals surface area contributed by atoms with Gasteiger partial charge in [-0.1, -0.05) is 0 Å². The molecule has 0 spiro atoms. The predicted molar refractivity (Wildman–Crippen MR) is 48.0 cm³/mol. The van der Waals surface area contributed by atoms with E-state index >= 15 is 0 Å². The molecule has 0 aliphatic rings. The van der Waals surface area contributed by atoms with Gasteiger partial charge in [-0.25, -0.2) is 0 Å². The number of hydrogen-bond donors (Lipinski definition) is 0. The molecule has 2 unspecified atom stereocenters. The standard InChI is InChI=1S/2C3H7O2.Al.Na.H/c2*1-3(4)5-2;;;/h2*3H,1-2H3;;;/q2*-1;+2;;. The Morgan fingerprint density at radius 3 is 1.50 bits per heavy atom. The van der Waals surface area contributed by atoms with Crippen LogP contribution in [0.3, 0.4) is 0 Å². The first-order valence-corrected chi connectivity index (χ1v) is 4.33. The summed E-state index contributed by atoms with van der Waals surface area (Å²) in [6, 6.07) is 0. The Bertz CT molecular complexity index is 85.6. The summed E-state index contributed by atoms with van der Waals surface area (Å²) in [7, 11) is 3.17. The van der Waals surface area contributed by atoms with Crippen LogP contribution in [0.1, 0.15) is 13.8 Å². The van der Waals surface area contributed by atoms with Gasteiger partial charge in [-0.05, 0) is 13.8 Å². The van der Waals surface area contributed by atoms with Crippen LogP contribution in [0.25, 0.3) is 0 Å². The first-order valence-electron chi connectivity index (χ1n) is 3.39. The van der Waals surface area contributed by atoms with Crippen molar-refractivity contribution in [3.63, 3.8) is 0 Å². The van der Waals surface area contributed by atoms with Crippen LogP contribution >= 0.6 is 0 Å². The fourth-order valence-electron chi connectivity index (χ4n) is 0.300. The van der Waals surface area contributed by atoms with Gasteiger partial charge in [0.15, 0.2) is 0 Å². The number of hydrogen-bond acceptors (Lipinski definition) is 4. The van der Waals surface area contributed by atoms with Crippen molar-refractivity contribution < 1.29 is 17.1 Å². The molecule has 4 nitrogen and oxygen atoms in total. The zero-order valence-electron chi connectivity index (χ0n) is 7.37. The van der Waals surface area contributed by atoms with E-state index in [1.807, 2.05) is 13.8 Å². The monoisotopic (exact) mass is 201 g/mol. The summed E-state index contributed by atoms with van der Waals surface area (Å²) in [5, 5.41) is 0. The first kappa shape index (κ1) is 15.8. The number of ether oxygens (including phenoxy) is 2. The van der Waals surface area contributed by atoms with Crippen LogP contribution < -0.4 is 0 Å². The van der Waals surface area contributed by atoms with Gasteiger partial charge in [-0.3, -0.25) is 0 Å². The van der Waals surface area contributed by atoms with Crippen molar-refractivity contribution in [3.8, 4) is 0 Å². The summed E-state index contributed by atoms with van der Waals surface area (Å²) in [6.45, 7) is 3.63. The third-order valence-electron chi connectivity index (χ3n) is 1.16. The van der Waals surface area contributed by atoms with Gasteiger partial charge in [0, 0.05) is 14.2 Å². The van der Waals surface area contributed by atoms with Crippen molar-refractivity contribution in [3.05, 3.63) is 0 Å². The molecular formula is C6H15AlNaO4. The van der Waals surface area contributed by atoms with Gasteiger partial charge in [0.2, 0.25) is 0 Å². The molecule has 0 aromatic carbocycles. The van der Waals surface area contributed by atoms with Crippen LogP contribution in [0.4, 0.5) is 0 Å². The van der Waals surface area contributed by atoms with Crippen LogP contribution in [0.15, 0.2) is 0 Å². The molecule has 0 fully saturated rings. The van der Waals surface area contributed by atoms with E-state index in [0.717, 1.165) is 0 Å². The zero-order chi connectivity index (χ0) is 8.69. The molecule has 0 aliphatic heterocycles. The second-order valence-electron chi connectivity index (χ2n) is 1.98. The van der Waals surface area contributed by atoms with Crippen LogP contribution in [-0.4, -0.2) is 72.2 Å². The molecule has 0 saturated heterocycles. The van der Waals surface area contributed by atoms with Crippen molar-refractivity contribution in [1.82, 2.24) is 0 Å².